The number of ether oxygens (including phenoxy) is 2. The molecule has 1 aromatic carbocycles. The van der Waals surface area contributed by atoms with Crippen molar-refractivity contribution in [3.8, 4) is 0 Å². The highest BCUT2D eigenvalue weighted by Gasteiger charge is 2.65. The number of hydrogen-bond donors (Lipinski definition) is 7. The van der Waals surface area contributed by atoms with Crippen molar-refractivity contribution in [3.05, 3.63) is 94.1 Å². The molecule has 4 rings (SSSR count). The van der Waals surface area contributed by atoms with Crippen molar-refractivity contribution >= 4 is 6.29 Å². The van der Waals surface area contributed by atoms with Gasteiger partial charge in [0.2, 0.25) is 0 Å². The maximum absolute atomic E-state index is 12.6. The topological polar surface area (TPSA) is 161 Å². The normalized spacial score (nSPS) is 32.6. The lowest BCUT2D eigenvalue weighted by atomic mass is 9.51. The molecule has 56 heavy (non-hydrogen) atoms. The molecule has 0 radical (unpaired) electrons. The van der Waals surface area contributed by atoms with Crippen LogP contribution in [0.4, 0.5) is 0 Å². The fraction of sp³-hybridized carbons (Fsp3) is 0.630. The van der Waals surface area contributed by atoms with Crippen molar-refractivity contribution in [2.45, 2.75) is 115 Å². The number of methoxy groups -OCH3 is 1. The predicted molar refractivity (Wildman–Crippen MR) is 222 cm³/mol. The zero-order chi connectivity index (χ0) is 40.9. The van der Waals surface area contributed by atoms with E-state index in [9.17, 15) is 30.3 Å². The molecule has 10 heteroatoms. The molecule has 10 nitrogen and oxygen atoms in total. The number of nitrogens with one attached hydrogen (secondary N) is 2. The van der Waals surface area contributed by atoms with Gasteiger partial charge in [-0.25, -0.2) is 0 Å². The lowest BCUT2D eigenvalue weighted by molar-refractivity contribution is -0.180. The van der Waals surface area contributed by atoms with Gasteiger partial charge in [-0.05, 0) is 145 Å². The van der Waals surface area contributed by atoms with E-state index >= 15 is 0 Å². The molecule has 1 spiro atoms. The van der Waals surface area contributed by atoms with Gasteiger partial charge in [-0.3, -0.25) is 10.1 Å². The molecule has 0 amide bonds. The third kappa shape index (κ3) is 10.8. The standard InChI is InChI=1S/C46H70N2O8/c1-32(37-16-15-33(2)43(53)48-44(4,22-25-55-6)28-36-12-8-11-35(26-36)27-37)10-7-13-38(30-56-31-51)40-18-20-46(42(40)52)41(14-9-24-49)39(34(3)29-50)17-19-45(46,54)21-23-47-5/h7-8,10-13,15,26,29,37,40-43,47-49,51-54H,1,9,14,16-25,27-28,30-31H2,2-6H3. The quantitative estimate of drug-likeness (QED) is 0.0367. The van der Waals surface area contributed by atoms with Crippen LogP contribution < -0.4 is 10.6 Å². The Kier molecular flexibility index (Phi) is 17.5. The van der Waals surface area contributed by atoms with E-state index in [1.807, 2.05) is 39.1 Å². The summed E-state index contributed by atoms with van der Waals surface area (Å²) in [4.78, 5) is 12.1. The summed E-state index contributed by atoms with van der Waals surface area (Å²) in [7, 11) is 3.55. The first-order valence-corrected chi connectivity index (χ1v) is 20.6. The van der Waals surface area contributed by atoms with E-state index in [1.54, 1.807) is 7.11 Å². The maximum atomic E-state index is 12.6. The molecule has 2 fully saturated rings. The highest BCUT2D eigenvalue weighted by molar-refractivity contribution is 5.74. The highest BCUT2D eigenvalue weighted by atomic mass is 16.6. The predicted octanol–water partition coefficient (Wildman–Crippen LogP) is 5.24. The van der Waals surface area contributed by atoms with Crippen LogP contribution in [0, 0.1) is 23.2 Å². The van der Waals surface area contributed by atoms with E-state index < -0.39 is 30.1 Å². The average Bonchev–Trinajstić information content (AvgIpc) is 3.52. The van der Waals surface area contributed by atoms with Gasteiger partial charge in [0.1, 0.15) is 19.3 Å². The number of allylic oxidation sites excluding steroid dienone is 7. The van der Waals surface area contributed by atoms with Crippen LogP contribution in [0.3, 0.4) is 0 Å². The van der Waals surface area contributed by atoms with E-state index in [2.05, 4.69) is 54.5 Å². The molecule has 3 aliphatic rings. The van der Waals surface area contributed by atoms with Gasteiger partial charge < -0.3 is 40.3 Å². The summed E-state index contributed by atoms with van der Waals surface area (Å²) >= 11 is 0. The second kappa shape index (κ2) is 21.3. The van der Waals surface area contributed by atoms with Crippen molar-refractivity contribution in [1.82, 2.24) is 10.6 Å². The van der Waals surface area contributed by atoms with Crippen LogP contribution in [0.1, 0.15) is 89.7 Å². The molecule has 1 aliphatic heterocycles. The van der Waals surface area contributed by atoms with Crippen LogP contribution in [-0.2, 0) is 27.1 Å². The molecule has 2 bridgehead atoms. The Morgan fingerprint density at radius 3 is 2.62 bits per heavy atom. The largest absolute Gasteiger partial charge is 0.396 e. The number of carbonyl (C=O) groups is 1. The molecule has 1 aromatic rings. The van der Waals surface area contributed by atoms with Gasteiger partial charge >= 0.3 is 0 Å². The molecule has 0 saturated heterocycles. The molecular formula is C46H70N2O8. The van der Waals surface area contributed by atoms with Crippen molar-refractivity contribution in [2.24, 2.45) is 23.2 Å². The van der Waals surface area contributed by atoms with Gasteiger partial charge in [0, 0.05) is 37.2 Å². The van der Waals surface area contributed by atoms with Gasteiger partial charge in [-0.2, -0.15) is 0 Å². The molecule has 8 atom stereocenters. The first-order valence-electron chi connectivity index (χ1n) is 20.6. The average molecular weight is 779 g/mol. The number of aldehydes is 1. The van der Waals surface area contributed by atoms with Crippen LogP contribution >= 0.6 is 0 Å². The highest BCUT2D eigenvalue weighted by Crippen LogP contribution is 2.64. The minimum atomic E-state index is -1.20. The number of aliphatic hydroxyl groups is 5. The summed E-state index contributed by atoms with van der Waals surface area (Å²) < 4.78 is 11.0. The Hall–Kier alpha value is -2.77. The Bertz CT molecular complexity index is 1590. The number of hydrogen-bond acceptors (Lipinski definition) is 10. The summed E-state index contributed by atoms with van der Waals surface area (Å²) in [5, 5.41) is 62.6. The number of rotatable bonds is 17. The van der Waals surface area contributed by atoms with Crippen molar-refractivity contribution < 1.29 is 39.8 Å². The molecule has 8 unspecified atom stereocenters. The third-order valence-corrected chi connectivity index (χ3v) is 13.2. The van der Waals surface area contributed by atoms with Gasteiger partial charge in [-0.15, -0.1) is 0 Å². The first-order chi connectivity index (χ1) is 26.8. The van der Waals surface area contributed by atoms with Crippen molar-refractivity contribution in [2.75, 3.05) is 47.3 Å². The maximum Gasteiger partial charge on any atom is 0.145 e. The lowest BCUT2D eigenvalue weighted by Gasteiger charge is -2.57. The molecule has 2 aliphatic carbocycles. The van der Waals surface area contributed by atoms with E-state index in [-0.39, 0.29) is 36.5 Å². The van der Waals surface area contributed by atoms with E-state index in [4.69, 9.17) is 9.47 Å². The third-order valence-electron chi connectivity index (χ3n) is 13.2. The molecule has 7 N–H and O–H groups in total. The van der Waals surface area contributed by atoms with Crippen LogP contribution in [0.2, 0.25) is 0 Å². The SMILES string of the molecule is C=C(C=CC=C(COCO)C1CCC2(C(CCCO)C(=C(C)C=O)CCC2(O)CCNC)C1O)C1CC=C(C)C(O)NC(C)(CCOC)Cc2cccc(c2)C1. The Morgan fingerprint density at radius 1 is 1.16 bits per heavy atom. The Labute approximate surface area is 335 Å². The minimum Gasteiger partial charge on any atom is -0.396 e. The van der Waals surface area contributed by atoms with Crippen molar-refractivity contribution in [1.29, 1.82) is 0 Å². The Balaban J connectivity index is 1.66. The fourth-order valence-electron chi connectivity index (χ4n) is 9.95. The first kappa shape index (κ1) is 45.9. The number of carbonyl (C=O) groups excluding carboxylic acids is 1. The fourth-order valence-corrected chi connectivity index (χ4v) is 9.95. The second-order valence-corrected chi connectivity index (χ2v) is 16.8. The van der Waals surface area contributed by atoms with Crippen molar-refractivity contribution in [3.63, 3.8) is 0 Å². The van der Waals surface area contributed by atoms with Gasteiger partial charge in [0.05, 0.1) is 18.3 Å². The molecular weight excluding hydrogens is 709 g/mol. The van der Waals surface area contributed by atoms with Gasteiger partial charge in [0.15, 0.2) is 0 Å². The zero-order valence-electron chi connectivity index (χ0n) is 34.6. The summed E-state index contributed by atoms with van der Waals surface area (Å²) in [6, 6.07) is 8.63. The monoisotopic (exact) mass is 779 g/mol. The van der Waals surface area contributed by atoms with Crippen LogP contribution in [0.25, 0.3) is 0 Å². The number of fused-ring (bicyclic) bond motifs is 2. The minimum absolute atomic E-state index is 0.0216. The molecule has 312 valence electrons. The number of benzene rings is 1. The van der Waals surface area contributed by atoms with Gasteiger partial charge in [-0.1, -0.05) is 66.3 Å². The van der Waals surface area contributed by atoms with E-state index in [1.165, 1.54) is 11.1 Å². The van der Waals surface area contributed by atoms with Crippen LogP contribution in [-0.4, -0.2) is 103 Å². The summed E-state index contributed by atoms with van der Waals surface area (Å²) in [5.74, 6) is -0.599. The lowest BCUT2D eigenvalue weighted by Crippen LogP contribution is -2.61. The summed E-state index contributed by atoms with van der Waals surface area (Å²) in [6.07, 6.45) is 13.6. The number of aliphatic hydroxyl groups excluding tert-OH is 4. The molecule has 0 aromatic heterocycles. The Morgan fingerprint density at radius 2 is 1.93 bits per heavy atom. The molecule has 2 saturated carbocycles. The van der Waals surface area contributed by atoms with E-state index in [0.29, 0.717) is 70.1 Å². The zero-order valence-corrected chi connectivity index (χ0v) is 34.6. The van der Waals surface area contributed by atoms with Crippen LogP contribution in [0.15, 0.2) is 83.0 Å². The second-order valence-electron chi connectivity index (χ2n) is 16.8. The summed E-state index contributed by atoms with van der Waals surface area (Å²) in [6.45, 7) is 11.1. The van der Waals surface area contributed by atoms with E-state index in [0.717, 1.165) is 47.8 Å². The van der Waals surface area contributed by atoms with Crippen LogP contribution in [0.5, 0.6) is 0 Å². The summed E-state index contributed by atoms with van der Waals surface area (Å²) in [5.41, 5.74) is 4.06. The smallest absolute Gasteiger partial charge is 0.145 e. The molecule has 1 heterocycles. The van der Waals surface area contributed by atoms with Gasteiger partial charge in [0.25, 0.3) is 0 Å².